The van der Waals surface area contributed by atoms with Gasteiger partial charge in [0.1, 0.15) is 12.3 Å². The molecule has 0 spiro atoms. The topological polar surface area (TPSA) is 64.5 Å². The summed E-state index contributed by atoms with van der Waals surface area (Å²) in [7, 11) is 0. The van der Waals surface area contributed by atoms with Gasteiger partial charge in [-0.2, -0.15) is 0 Å². The van der Waals surface area contributed by atoms with Crippen LogP contribution in [0.1, 0.15) is 12.8 Å². The van der Waals surface area contributed by atoms with Crippen molar-refractivity contribution in [3.8, 4) is 0 Å². The van der Waals surface area contributed by atoms with Gasteiger partial charge in [-0.3, -0.25) is 0 Å². The second kappa shape index (κ2) is 8.74. The van der Waals surface area contributed by atoms with Crippen molar-refractivity contribution < 1.29 is 19.0 Å². The van der Waals surface area contributed by atoms with Crippen LogP contribution in [-0.2, 0) is 0 Å². The fourth-order valence-corrected chi connectivity index (χ4v) is 2.16. The number of hydrogen-bond acceptors (Lipinski definition) is 4. The van der Waals surface area contributed by atoms with Crippen molar-refractivity contribution in [3.05, 3.63) is 0 Å². The van der Waals surface area contributed by atoms with Gasteiger partial charge in [-0.05, 0) is 25.9 Å². The van der Waals surface area contributed by atoms with Gasteiger partial charge in [0.15, 0.2) is 0 Å². The molecule has 4 atom stereocenters. The van der Waals surface area contributed by atoms with Crippen LogP contribution in [-0.4, -0.2) is 61.9 Å². The lowest BCUT2D eigenvalue weighted by atomic mass is 9.97. The Balaban J connectivity index is 0.000000180. The van der Waals surface area contributed by atoms with E-state index in [9.17, 15) is 8.78 Å². The first-order valence-electron chi connectivity index (χ1n) is 6.60. The minimum Gasteiger partial charge on any atom is -0.396 e. The highest BCUT2D eigenvalue weighted by molar-refractivity contribution is 4.77. The van der Waals surface area contributed by atoms with Crippen LogP contribution in [0.2, 0.25) is 0 Å². The molecular weight excluding hydrogens is 242 g/mol. The number of aliphatic hydroxyl groups excluding tert-OH is 2. The number of halogens is 2. The number of alkyl halides is 2. The third-order valence-corrected chi connectivity index (χ3v) is 3.55. The van der Waals surface area contributed by atoms with Crippen molar-refractivity contribution >= 4 is 0 Å². The van der Waals surface area contributed by atoms with Crippen LogP contribution in [0.3, 0.4) is 0 Å². The molecule has 2 fully saturated rings. The van der Waals surface area contributed by atoms with E-state index in [1.54, 1.807) is 0 Å². The largest absolute Gasteiger partial charge is 0.396 e. The summed E-state index contributed by atoms with van der Waals surface area (Å²) < 4.78 is 25.3. The zero-order valence-electron chi connectivity index (χ0n) is 10.6. The molecule has 4 nitrogen and oxygen atoms in total. The lowest BCUT2D eigenvalue weighted by Gasteiger charge is -2.24. The minimum atomic E-state index is -0.844. The Bertz CT molecular complexity index is 200. The van der Waals surface area contributed by atoms with Crippen LogP contribution < -0.4 is 10.6 Å². The summed E-state index contributed by atoms with van der Waals surface area (Å²) in [4.78, 5) is 0. The number of piperidine rings is 2. The number of aliphatic hydroxyl groups is 2. The van der Waals surface area contributed by atoms with Gasteiger partial charge in [-0.1, -0.05) is 0 Å². The van der Waals surface area contributed by atoms with Gasteiger partial charge in [-0.25, -0.2) is 8.78 Å². The molecule has 6 heteroatoms. The zero-order valence-corrected chi connectivity index (χ0v) is 10.6. The summed E-state index contributed by atoms with van der Waals surface area (Å²) in [6.07, 6.45) is -0.164. The van der Waals surface area contributed by atoms with Gasteiger partial charge >= 0.3 is 0 Å². The smallest absolute Gasteiger partial charge is 0.118 e. The molecule has 2 heterocycles. The number of nitrogens with one attached hydrogen (secondary N) is 2. The Kier molecular flexibility index (Phi) is 7.65. The Morgan fingerprint density at radius 1 is 0.833 bits per heavy atom. The highest BCUT2D eigenvalue weighted by Gasteiger charge is 2.23. The Labute approximate surface area is 107 Å². The van der Waals surface area contributed by atoms with E-state index in [0.717, 1.165) is 25.9 Å². The second-order valence-electron chi connectivity index (χ2n) is 4.90. The molecule has 0 radical (unpaired) electrons. The highest BCUT2D eigenvalue weighted by atomic mass is 19.1. The Morgan fingerprint density at radius 2 is 1.22 bits per heavy atom. The average molecular weight is 266 g/mol. The van der Waals surface area contributed by atoms with Crippen LogP contribution in [0.15, 0.2) is 0 Å². The van der Waals surface area contributed by atoms with Crippen LogP contribution in [0.5, 0.6) is 0 Å². The highest BCUT2D eigenvalue weighted by Crippen LogP contribution is 2.14. The third kappa shape index (κ3) is 5.14. The van der Waals surface area contributed by atoms with Crippen LogP contribution >= 0.6 is 0 Å². The molecule has 0 aromatic rings. The number of rotatable bonds is 2. The molecule has 18 heavy (non-hydrogen) atoms. The standard InChI is InChI=1S/2C6H12FNO/c2*7-6-3-8-2-1-5(6)4-9/h2*5-6,8-9H,1-4H2/t2*5-,6-/m10/s1. The molecule has 4 N–H and O–H groups in total. The van der Waals surface area contributed by atoms with Crippen molar-refractivity contribution in [1.82, 2.24) is 10.6 Å². The first-order chi connectivity index (χ1) is 8.69. The van der Waals surface area contributed by atoms with Crippen LogP contribution in [0.25, 0.3) is 0 Å². The van der Waals surface area contributed by atoms with Gasteiger partial charge in [0.25, 0.3) is 0 Å². The van der Waals surface area contributed by atoms with Gasteiger partial charge in [0, 0.05) is 38.1 Å². The molecule has 2 aliphatic heterocycles. The van der Waals surface area contributed by atoms with E-state index < -0.39 is 12.3 Å². The van der Waals surface area contributed by atoms with Crippen LogP contribution in [0.4, 0.5) is 8.78 Å². The summed E-state index contributed by atoms with van der Waals surface area (Å²) in [5.74, 6) is -0.238. The molecule has 0 aromatic heterocycles. The molecule has 2 aliphatic rings. The maximum absolute atomic E-state index is 12.6. The molecule has 108 valence electrons. The summed E-state index contributed by atoms with van der Waals surface area (Å²) in [5.41, 5.74) is 0. The molecule has 0 amide bonds. The lowest BCUT2D eigenvalue weighted by molar-refractivity contribution is 0.111. The molecule has 0 saturated carbocycles. The first-order valence-corrected chi connectivity index (χ1v) is 6.60. The van der Waals surface area contributed by atoms with Gasteiger partial charge < -0.3 is 20.8 Å². The minimum absolute atomic E-state index is 0.0111. The van der Waals surface area contributed by atoms with Crippen molar-refractivity contribution in [2.45, 2.75) is 25.2 Å². The van der Waals surface area contributed by atoms with Crippen molar-refractivity contribution in [3.63, 3.8) is 0 Å². The van der Waals surface area contributed by atoms with Crippen molar-refractivity contribution in [2.75, 3.05) is 39.4 Å². The summed E-state index contributed by atoms with van der Waals surface area (Å²) in [6.45, 7) is 2.47. The molecule has 0 aromatic carbocycles. The fraction of sp³-hybridized carbons (Fsp3) is 1.00. The van der Waals surface area contributed by atoms with Gasteiger partial charge in [0.05, 0.1) is 0 Å². The normalized spacial score (nSPS) is 36.7. The summed E-state index contributed by atoms with van der Waals surface area (Å²) in [5, 5.41) is 23.0. The van der Waals surface area contributed by atoms with Gasteiger partial charge in [0.2, 0.25) is 0 Å². The van der Waals surface area contributed by atoms with E-state index in [4.69, 9.17) is 10.2 Å². The quantitative estimate of drug-likeness (QED) is 0.561. The van der Waals surface area contributed by atoms with Crippen molar-refractivity contribution in [2.24, 2.45) is 11.8 Å². The number of hydrogen-bond donors (Lipinski definition) is 4. The molecule has 2 saturated heterocycles. The lowest BCUT2D eigenvalue weighted by Crippen LogP contribution is -2.39. The first kappa shape index (κ1) is 15.8. The summed E-state index contributed by atoms with van der Waals surface area (Å²) >= 11 is 0. The molecule has 2 rings (SSSR count). The predicted molar refractivity (Wildman–Crippen MR) is 65.9 cm³/mol. The molecule has 0 bridgehead atoms. The monoisotopic (exact) mass is 266 g/mol. The Morgan fingerprint density at radius 3 is 1.44 bits per heavy atom. The van der Waals surface area contributed by atoms with Crippen molar-refractivity contribution in [1.29, 1.82) is 0 Å². The molecular formula is C12H24F2N2O2. The average Bonchev–Trinajstić information content (AvgIpc) is 2.41. The fourth-order valence-electron chi connectivity index (χ4n) is 2.16. The molecule has 0 aliphatic carbocycles. The Hall–Kier alpha value is -0.300. The zero-order chi connectivity index (χ0) is 13.4. The van der Waals surface area contributed by atoms with Gasteiger partial charge in [-0.15, -0.1) is 0 Å². The maximum Gasteiger partial charge on any atom is 0.118 e. The van der Waals surface area contributed by atoms with E-state index in [-0.39, 0.29) is 25.0 Å². The molecule has 0 unspecified atom stereocenters. The predicted octanol–water partition coefficient (Wildman–Crippen LogP) is -0.147. The van der Waals surface area contributed by atoms with E-state index in [2.05, 4.69) is 10.6 Å². The van der Waals surface area contributed by atoms with E-state index in [0.29, 0.717) is 13.1 Å². The van der Waals surface area contributed by atoms with Crippen LogP contribution in [0, 0.1) is 11.8 Å². The van der Waals surface area contributed by atoms with E-state index in [1.807, 2.05) is 0 Å². The SMILES string of the molecule is OC[C@@H]1CCNC[C@@H]1F.OC[C@H]1CCNC[C@H]1F. The third-order valence-electron chi connectivity index (χ3n) is 3.55. The second-order valence-corrected chi connectivity index (χ2v) is 4.90. The summed E-state index contributed by atoms with van der Waals surface area (Å²) in [6, 6.07) is 0. The maximum atomic E-state index is 12.6. The van der Waals surface area contributed by atoms with E-state index in [1.165, 1.54) is 0 Å². The van der Waals surface area contributed by atoms with E-state index >= 15 is 0 Å².